The minimum absolute atomic E-state index is 0.382. The van der Waals surface area contributed by atoms with Gasteiger partial charge in [0.25, 0.3) is 0 Å². The van der Waals surface area contributed by atoms with Crippen LogP contribution in [0.15, 0.2) is 11.6 Å². The van der Waals surface area contributed by atoms with Crippen LogP contribution in [-0.2, 0) is 9.47 Å². The summed E-state index contributed by atoms with van der Waals surface area (Å²) in [6, 6.07) is 0. The first-order chi connectivity index (χ1) is 10.3. The number of ether oxygens (including phenoxy) is 2. The monoisotopic (exact) mass is 296 g/mol. The Morgan fingerprint density at radius 2 is 1.62 bits per heavy atom. The van der Waals surface area contributed by atoms with Gasteiger partial charge in [0.05, 0.1) is 0 Å². The quantitative estimate of drug-likeness (QED) is 0.249. The van der Waals surface area contributed by atoms with E-state index < -0.39 is 0 Å². The Morgan fingerprint density at radius 1 is 0.952 bits per heavy atom. The van der Waals surface area contributed by atoms with Crippen LogP contribution in [0.3, 0.4) is 0 Å². The molecule has 1 aliphatic carbocycles. The molecule has 0 amide bonds. The van der Waals surface area contributed by atoms with Crippen molar-refractivity contribution in [2.75, 3.05) is 14.2 Å². The average molecular weight is 296 g/mol. The maximum atomic E-state index is 5.77. The van der Waals surface area contributed by atoms with Crippen LogP contribution in [0, 0.1) is 0 Å². The fourth-order valence-electron chi connectivity index (χ4n) is 3.28. The summed E-state index contributed by atoms with van der Waals surface area (Å²) < 4.78 is 11.5. The predicted octanol–water partition coefficient (Wildman–Crippen LogP) is 6.01. The lowest BCUT2D eigenvalue weighted by molar-refractivity contribution is -0.210. The van der Waals surface area contributed by atoms with Gasteiger partial charge in [0.15, 0.2) is 5.79 Å². The fraction of sp³-hybridized carbons (Fsp3) is 0.895. The van der Waals surface area contributed by atoms with Crippen molar-refractivity contribution in [1.82, 2.24) is 0 Å². The molecule has 124 valence electrons. The summed E-state index contributed by atoms with van der Waals surface area (Å²) in [7, 11) is 3.60. The molecule has 0 heterocycles. The maximum Gasteiger partial charge on any atom is 0.171 e. The van der Waals surface area contributed by atoms with Crippen molar-refractivity contribution in [2.45, 2.75) is 96.2 Å². The van der Waals surface area contributed by atoms with Crippen LogP contribution in [0.2, 0.25) is 0 Å². The molecule has 0 aliphatic heterocycles. The van der Waals surface area contributed by atoms with Crippen molar-refractivity contribution in [3.8, 4) is 0 Å². The highest BCUT2D eigenvalue weighted by molar-refractivity contribution is 5.07. The maximum absolute atomic E-state index is 5.77. The van der Waals surface area contributed by atoms with Gasteiger partial charge in [-0.1, -0.05) is 57.1 Å². The van der Waals surface area contributed by atoms with Crippen LogP contribution in [0.4, 0.5) is 0 Å². The third-order valence-corrected chi connectivity index (χ3v) is 4.79. The molecule has 0 saturated heterocycles. The smallest absolute Gasteiger partial charge is 0.171 e. The first kappa shape index (κ1) is 18.7. The van der Waals surface area contributed by atoms with Gasteiger partial charge in [-0.3, -0.25) is 0 Å². The van der Waals surface area contributed by atoms with Crippen LogP contribution < -0.4 is 0 Å². The van der Waals surface area contributed by atoms with Crippen molar-refractivity contribution >= 4 is 0 Å². The second kappa shape index (κ2) is 11.3. The van der Waals surface area contributed by atoms with Gasteiger partial charge in [0.2, 0.25) is 0 Å². The lowest BCUT2D eigenvalue weighted by Gasteiger charge is -2.33. The molecule has 0 aromatic rings. The van der Waals surface area contributed by atoms with E-state index in [1.54, 1.807) is 14.2 Å². The molecule has 0 bridgehead atoms. The molecule has 2 nitrogen and oxygen atoms in total. The molecule has 1 rings (SSSR count). The van der Waals surface area contributed by atoms with Gasteiger partial charge >= 0.3 is 0 Å². The lowest BCUT2D eigenvalue weighted by atomic mass is 9.91. The number of methoxy groups -OCH3 is 2. The van der Waals surface area contributed by atoms with Gasteiger partial charge < -0.3 is 9.47 Å². The molecular weight excluding hydrogens is 260 g/mol. The second-order valence-electron chi connectivity index (χ2n) is 6.48. The number of unbranched alkanes of at least 4 members (excludes halogenated alkanes) is 6. The van der Waals surface area contributed by atoms with Crippen molar-refractivity contribution < 1.29 is 9.47 Å². The van der Waals surface area contributed by atoms with Crippen LogP contribution in [0.5, 0.6) is 0 Å². The van der Waals surface area contributed by atoms with E-state index in [2.05, 4.69) is 13.0 Å². The van der Waals surface area contributed by atoms with Crippen molar-refractivity contribution in [3.63, 3.8) is 0 Å². The Balaban J connectivity index is 2.29. The van der Waals surface area contributed by atoms with Gasteiger partial charge in [0, 0.05) is 27.1 Å². The third kappa shape index (κ3) is 7.46. The van der Waals surface area contributed by atoms with Gasteiger partial charge in [-0.15, -0.1) is 0 Å². The number of hydrogen-bond acceptors (Lipinski definition) is 2. The second-order valence-corrected chi connectivity index (χ2v) is 6.48. The summed E-state index contributed by atoms with van der Waals surface area (Å²) in [6.45, 7) is 2.27. The first-order valence-corrected chi connectivity index (χ1v) is 9.04. The Hall–Kier alpha value is -0.340. The summed E-state index contributed by atoms with van der Waals surface area (Å²) in [6.07, 6.45) is 18.9. The normalized spacial score (nSPS) is 16.0. The summed E-state index contributed by atoms with van der Waals surface area (Å²) in [5.74, 6) is -0.382. The first-order valence-electron chi connectivity index (χ1n) is 9.04. The van der Waals surface area contributed by atoms with E-state index in [0.29, 0.717) is 0 Å². The third-order valence-electron chi connectivity index (χ3n) is 4.79. The number of rotatable bonds is 12. The van der Waals surface area contributed by atoms with Crippen molar-refractivity contribution in [1.29, 1.82) is 0 Å². The van der Waals surface area contributed by atoms with Crippen molar-refractivity contribution in [2.24, 2.45) is 0 Å². The number of allylic oxidation sites excluding steroid dienone is 1. The van der Waals surface area contributed by atoms with E-state index in [0.717, 1.165) is 12.8 Å². The van der Waals surface area contributed by atoms with E-state index in [9.17, 15) is 0 Å². The zero-order chi connectivity index (χ0) is 15.4. The molecule has 0 aromatic heterocycles. The van der Waals surface area contributed by atoms with Crippen LogP contribution in [0.1, 0.15) is 90.4 Å². The van der Waals surface area contributed by atoms with Crippen LogP contribution in [-0.4, -0.2) is 20.0 Å². The van der Waals surface area contributed by atoms with Gasteiger partial charge in [-0.05, 0) is 32.1 Å². The molecule has 0 fully saturated rings. The summed E-state index contributed by atoms with van der Waals surface area (Å²) in [4.78, 5) is 0. The Morgan fingerprint density at radius 3 is 2.19 bits per heavy atom. The molecule has 1 aliphatic rings. The molecule has 0 radical (unpaired) electrons. The molecule has 0 unspecified atom stereocenters. The fourth-order valence-corrected chi connectivity index (χ4v) is 3.28. The van der Waals surface area contributed by atoms with Gasteiger partial charge in [-0.25, -0.2) is 0 Å². The van der Waals surface area contributed by atoms with E-state index in [-0.39, 0.29) is 5.79 Å². The van der Waals surface area contributed by atoms with Crippen LogP contribution in [0.25, 0.3) is 0 Å². The Bertz CT molecular complexity index is 279. The molecule has 0 spiro atoms. The van der Waals surface area contributed by atoms with Crippen molar-refractivity contribution in [3.05, 3.63) is 11.6 Å². The summed E-state index contributed by atoms with van der Waals surface area (Å²) in [5.41, 5.74) is 1.54. The van der Waals surface area contributed by atoms with E-state index in [4.69, 9.17) is 9.47 Å². The van der Waals surface area contributed by atoms with Gasteiger partial charge in [-0.2, -0.15) is 0 Å². The summed E-state index contributed by atoms with van der Waals surface area (Å²) >= 11 is 0. The molecule has 21 heavy (non-hydrogen) atoms. The Labute approximate surface area is 132 Å². The van der Waals surface area contributed by atoms with Gasteiger partial charge in [0.1, 0.15) is 0 Å². The van der Waals surface area contributed by atoms with E-state index >= 15 is 0 Å². The zero-order valence-electron chi connectivity index (χ0n) is 14.6. The zero-order valence-corrected chi connectivity index (χ0v) is 14.6. The molecule has 0 saturated carbocycles. The molecule has 0 N–H and O–H groups in total. The highest BCUT2D eigenvalue weighted by atomic mass is 16.7. The minimum atomic E-state index is -0.382. The molecule has 0 atom stereocenters. The minimum Gasteiger partial charge on any atom is -0.353 e. The summed E-state index contributed by atoms with van der Waals surface area (Å²) in [5, 5.41) is 0. The SMILES string of the molecule is CCCCCCCCCC(CC1=CCCCC1)(OC)OC. The molecule has 2 heteroatoms. The number of hydrogen-bond donors (Lipinski definition) is 0. The predicted molar refractivity (Wildman–Crippen MR) is 90.5 cm³/mol. The highest BCUT2D eigenvalue weighted by Crippen LogP contribution is 2.32. The standard InChI is InChI=1S/C19H36O2/c1-4-5-6-7-8-9-13-16-19(20-2,21-3)17-18-14-11-10-12-15-18/h14H,4-13,15-17H2,1-3H3. The molecule has 0 aromatic carbocycles. The molecular formula is C19H36O2. The topological polar surface area (TPSA) is 18.5 Å². The van der Waals surface area contributed by atoms with E-state index in [1.807, 2.05) is 0 Å². The van der Waals surface area contributed by atoms with Crippen LogP contribution >= 0.6 is 0 Å². The largest absolute Gasteiger partial charge is 0.353 e. The lowest BCUT2D eigenvalue weighted by Crippen LogP contribution is -2.34. The average Bonchev–Trinajstić information content (AvgIpc) is 2.54. The highest BCUT2D eigenvalue weighted by Gasteiger charge is 2.30. The Kier molecular flexibility index (Phi) is 10.0. The van der Waals surface area contributed by atoms with E-state index in [1.165, 1.54) is 76.2 Å².